The molecule has 2 N–H and O–H groups in total. The predicted octanol–water partition coefficient (Wildman–Crippen LogP) is 2.66. The molecule has 1 aromatic rings. The molecule has 1 fully saturated rings. The van der Waals surface area contributed by atoms with Crippen LogP contribution in [0.1, 0.15) is 37.6 Å². The molecule has 1 heterocycles. The molecular weight excluding hydrogens is 252 g/mol. The quantitative estimate of drug-likeness (QED) is 0.869. The van der Waals surface area contributed by atoms with Crippen molar-refractivity contribution in [2.45, 2.75) is 39.3 Å². The smallest absolute Gasteiger partial charge is 0.251 e. The highest BCUT2D eigenvalue weighted by Crippen LogP contribution is 2.20. The summed E-state index contributed by atoms with van der Waals surface area (Å²) in [4.78, 5) is 12.0. The third kappa shape index (κ3) is 3.97. The van der Waals surface area contributed by atoms with Gasteiger partial charge in [-0.1, -0.05) is 6.07 Å². The molecule has 1 aromatic carbocycles. The van der Waals surface area contributed by atoms with Gasteiger partial charge >= 0.3 is 0 Å². The van der Waals surface area contributed by atoms with E-state index in [1.165, 1.54) is 0 Å². The third-order valence-corrected chi connectivity index (χ3v) is 3.61. The number of carbonyl (C=O) groups is 1. The van der Waals surface area contributed by atoms with E-state index in [0.29, 0.717) is 17.5 Å². The van der Waals surface area contributed by atoms with Gasteiger partial charge < -0.3 is 15.4 Å². The molecule has 1 aliphatic rings. The minimum absolute atomic E-state index is 0.0273. The van der Waals surface area contributed by atoms with Gasteiger partial charge in [0.25, 0.3) is 5.91 Å². The van der Waals surface area contributed by atoms with Crippen LogP contribution >= 0.6 is 0 Å². The van der Waals surface area contributed by atoms with E-state index in [4.69, 9.17) is 4.74 Å². The summed E-state index contributed by atoms with van der Waals surface area (Å²) in [5, 5.41) is 6.38. The third-order valence-electron chi connectivity index (χ3n) is 3.61. The van der Waals surface area contributed by atoms with Gasteiger partial charge in [0.05, 0.1) is 6.61 Å². The van der Waals surface area contributed by atoms with Gasteiger partial charge in [0.15, 0.2) is 0 Å². The Morgan fingerprint density at radius 3 is 2.80 bits per heavy atom. The first-order valence-electron chi connectivity index (χ1n) is 7.31. The fourth-order valence-electron chi connectivity index (χ4n) is 2.42. The second kappa shape index (κ2) is 6.75. The first-order chi connectivity index (χ1) is 9.56. The van der Waals surface area contributed by atoms with Crippen LogP contribution < -0.4 is 10.6 Å². The lowest BCUT2D eigenvalue weighted by Gasteiger charge is -2.21. The van der Waals surface area contributed by atoms with Crippen molar-refractivity contribution in [3.63, 3.8) is 0 Å². The van der Waals surface area contributed by atoms with E-state index in [1.807, 2.05) is 38.1 Å². The van der Waals surface area contributed by atoms with Crippen LogP contribution in [0.3, 0.4) is 0 Å². The molecule has 0 saturated carbocycles. The fourth-order valence-corrected chi connectivity index (χ4v) is 2.42. The van der Waals surface area contributed by atoms with Crippen LogP contribution in [-0.2, 0) is 4.74 Å². The maximum absolute atomic E-state index is 12.0. The molecule has 0 aliphatic carbocycles. The molecule has 110 valence electrons. The summed E-state index contributed by atoms with van der Waals surface area (Å²) >= 11 is 0. The maximum Gasteiger partial charge on any atom is 0.251 e. The number of ether oxygens (including phenoxy) is 1. The largest absolute Gasteiger partial charge is 0.382 e. The van der Waals surface area contributed by atoms with Gasteiger partial charge in [-0.3, -0.25) is 4.79 Å². The summed E-state index contributed by atoms with van der Waals surface area (Å²) in [5.74, 6) is 0.517. The summed E-state index contributed by atoms with van der Waals surface area (Å²) in [7, 11) is 0. The minimum Gasteiger partial charge on any atom is -0.382 e. The van der Waals surface area contributed by atoms with Crippen LogP contribution in [0.4, 0.5) is 5.69 Å². The molecule has 20 heavy (non-hydrogen) atoms. The Balaban J connectivity index is 2.00. The van der Waals surface area contributed by atoms with Crippen LogP contribution in [0.25, 0.3) is 0 Å². The molecule has 4 heteroatoms. The average Bonchev–Trinajstić information content (AvgIpc) is 2.92. The second-order valence-electron chi connectivity index (χ2n) is 5.77. The topological polar surface area (TPSA) is 50.4 Å². The van der Waals surface area contributed by atoms with Crippen molar-refractivity contribution in [3.05, 3.63) is 29.8 Å². The highest BCUT2D eigenvalue weighted by Gasteiger charge is 2.22. The van der Waals surface area contributed by atoms with Gasteiger partial charge in [0.2, 0.25) is 0 Å². The highest BCUT2D eigenvalue weighted by atomic mass is 16.5. The molecule has 2 unspecified atom stereocenters. The van der Waals surface area contributed by atoms with E-state index in [-0.39, 0.29) is 11.9 Å². The number of hydrogen-bond donors (Lipinski definition) is 2. The van der Waals surface area contributed by atoms with Crippen LogP contribution in [0.5, 0.6) is 0 Å². The maximum atomic E-state index is 12.0. The summed E-state index contributed by atoms with van der Waals surface area (Å²) in [6.07, 6.45) is 1.10. The van der Waals surface area contributed by atoms with Crippen molar-refractivity contribution in [2.75, 3.05) is 18.5 Å². The molecule has 0 bridgehead atoms. The zero-order valence-corrected chi connectivity index (χ0v) is 12.5. The van der Waals surface area contributed by atoms with Crippen LogP contribution in [0.2, 0.25) is 0 Å². The van der Waals surface area contributed by atoms with E-state index in [2.05, 4.69) is 17.6 Å². The molecule has 1 saturated heterocycles. The van der Waals surface area contributed by atoms with Crippen molar-refractivity contribution < 1.29 is 9.53 Å². The van der Waals surface area contributed by atoms with Crippen LogP contribution in [-0.4, -0.2) is 31.2 Å². The summed E-state index contributed by atoms with van der Waals surface area (Å²) in [6, 6.07) is 8.15. The lowest BCUT2D eigenvalue weighted by molar-refractivity contribution is 0.0943. The lowest BCUT2D eigenvalue weighted by Crippen LogP contribution is -2.30. The van der Waals surface area contributed by atoms with E-state index in [0.717, 1.165) is 25.3 Å². The van der Waals surface area contributed by atoms with Crippen molar-refractivity contribution in [3.8, 4) is 0 Å². The van der Waals surface area contributed by atoms with Gasteiger partial charge in [0, 0.05) is 35.9 Å². The van der Waals surface area contributed by atoms with Crippen molar-refractivity contribution in [1.29, 1.82) is 0 Å². The summed E-state index contributed by atoms with van der Waals surface area (Å²) < 4.78 is 5.42. The molecule has 2 rings (SSSR count). The summed E-state index contributed by atoms with van der Waals surface area (Å²) in [6.45, 7) is 7.76. The standard InChI is InChI=1S/C16H24N2O2/c1-11(2)17-16(19)13-5-4-6-15(9-13)18-12(3)14-7-8-20-10-14/h4-6,9,11-12,14,18H,7-8,10H2,1-3H3,(H,17,19). The van der Waals surface area contributed by atoms with Crippen LogP contribution in [0, 0.1) is 5.92 Å². The monoisotopic (exact) mass is 276 g/mol. The van der Waals surface area contributed by atoms with Crippen LogP contribution in [0.15, 0.2) is 24.3 Å². The molecule has 1 amide bonds. The number of amides is 1. The number of rotatable bonds is 5. The van der Waals surface area contributed by atoms with Gasteiger partial charge in [-0.15, -0.1) is 0 Å². The first kappa shape index (κ1) is 14.9. The summed E-state index contributed by atoms with van der Waals surface area (Å²) in [5.41, 5.74) is 1.68. The lowest BCUT2D eigenvalue weighted by atomic mass is 10.0. The van der Waals surface area contributed by atoms with Crippen molar-refractivity contribution >= 4 is 11.6 Å². The SMILES string of the molecule is CC(C)NC(=O)c1cccc(NC(C)C2CCOC2)c1. The Labute approximate surface area is 120 Å². The molecule has 1 aliphatic heterocycles. The molecule has 0 aromatic heterocycles. The Hall–Kier alpha value is -1.55. The number of benzene rings is 1. The molecular formula is C16H24N2O2. The minimum atomic E-state index is -0.0273. The van der Waals surface area contributed by atoms with Gasteiger partial charge in [0.1, 0.15) is 0 Å². The van der Waals surface area contributed by atoms with E-state index >= 15 is 0 Å². The van der Waals surface area contributed by atoms with Gasteiger partial charge in [-0.05, 0) is 45.4 Å². The number of anilines is 1. The van der Waals surface area contributed by atoms with E-state index < -0.39 is 0 Å². The number of carbonyl (C=O) groups excluding carboxylic acids is 1. The molecule has 0 radical (unpaired) electrons. The van der Waals surface area contributed by atoms with Crippen molar-refractivity contribution in [2.24, 2.45) is 5.92 Å². The zero-order chi connectivity index (χ0) is 14.5. The molecule has 4 nitrogen and oxygen atoms in total. The number of nitrogens with one attached hydrogen (secondary N) is 2. The molecule has 0 spiro atoms. The predicted molar refractivity (Wildman–Crippen MR) is 81.1 cm³/mol. The van der Waals surface area contributed by atoms with E-state index in [1.54, 1.807) is 0 Å². The molecule has 2 atom stereocenters. The fraction of sp³-hybridized carbons (Fsp3) is 0.562. The Bertz CT molecular complexity index is 454. The van der Waals surface area contributed by atoms with Gasteiger partial charge in [-0.25, -0.2) is 0 Å². The normalized spacial score (nSPS) is 19.9. The van der Waals surface area contributed by atoms with Gasteiger partial charge in [-0.2, -0.15) is 0 Å². The Morgan fingerprint density at radius 2 is 2.15 bits per heavy atom. The zero-order valence-electron chi connectivity index (χ0n) is 12.5. The van der Waals surface area contributed by atoms with Crippen molar-refractivity contribution in [1.82, 2.24) is 5.32 Å². The first-order valence-corrected chi connectivity index (χ1v) is 7.31. The second-order valence-corrected chi connectivity index (χ2v) is 5.77. The Morgan fingerprint density at radius 1 is 1.35 bits per heavy atom. The average molecular weight is 276 g/mol. The van der Waals surface area contributed by atoms with E-state index in [9.17, 15) is 4.79 Å². The highest BCUT2D eigenvalue weighted by molar-refractivity contribution is 5.95. The Kier molecular flexibility index (Phi) is 5.01. The number of hydrogen-bond acceptors (Lipinski definition) is 3.